The van der Waals surface area contributed by atoms with Gasteiger partial charge in [0.25, 0.3) is 5.69 Å². The lowest BCUT2D eigenvalue weighted by Crippen LogP contribution is -2.19. The van der Waals surface area contributed by atoms with Crippen LogP contribution in [0.5, 0.6) is 0 Å². The molecule has 2 rings (SSSR count). The van der Waals surface area contributed by atoms with Gasteiger partial charge in [-0.2, -0.15) is 0 Å². The van der Waals surface area contributed by atoms with Gasteiger partial charge in [0, 0.05) is 23.0 Å². The molecule has 0 saturated heterocycles. The van der Waals surface area contributed by atoms with Gasteiger partial charge in [-0.05, 0) is 55.5 Å². The van der Waals surface area contributed by atoms with Crippen LogP contribution in [0, 0.1) is 10.1 Å². The zero-order chi connectivity index (χ0) is 17.0. The van der Waals surface area contributed by atoms with Crippen molar-refractivity contribution >= 4 is 51.8 Å². The summed E-state index contributed by atoms with van der Waals surface area (Å²) < 4.78 is 0. The molecule has 23 heavy (non-hydrogen) atoms. The first-order chi connectivity index (χ1) is 10.9. The third-order valence-corrected chi connectivity index (χ3v) is 3.47. The number of thiocarbonyl (C=S) groups is 1. The molecule has 8 heteroatoms. The lowest BCUT2D eigenvalue weighted by atomic mass is 10.1. The van der Waals surface area contributed by atoms with Crippen molar-refractivity contribution in [1.29, 1.82) is 0 Å². The van der Waals surface area contributed by atoms with Crippen LogP contribution in [-0.4, -0.2) is 15.8 Å². The van der Waals surface area contributed by atoms with E-state index in [0.717, 1.165) is 0 Å². The summed E-state index contributed by atoms with van der Waals surface area (Å²) in [5.74, 6) is -0.0225. The minimum Gasteiger partial charge on any atom is -0.332 e. The summed E-state index contributed by atoms with van der Waals surface area (Å²) in [7, 11) is 0. The first-order valence-electron chi connectivity index (χ1n) is 6.50. The molecule has 2 N–H and O–H groups in total. The molecule has 0 bridgehead atoms. The van der Waals surface area contributed by atoms with Crippen molar-refractivity contribution in [2.75, 3.05) is 10.6 Å². The molecule has 2 aromatic carbocycles. The van der Waals surface area contributed by atoms with Gasteiger partial charge in [-0.3, -0.25) is 14.9 Å². The van der Waals surface area contributed by atoms with Crippen molar-refractivity contribution in [2.45, 2.75) is 6.92 Å². The van der Waals surface area contributed by atoms with Crippen LogP contribution in [0.1, 0.15) is 17.3 Å². The molecule has 0 atom stereocenters. The molecular weight excluding hydrogens is 338 g/mol. The number of nitro benzene ring substituents is 1. The van der Waals surface area contributed by atoms with Gasteiger partial charge in [-0.15, -0.1) is 0 Å². The second-order valence-corrected chi connectivity index (χ2v) is 5.45. The van der Waals surface area contributed by atoms with Crippen LogP contribution in [0.15, 0.2) is 42.5 Å². The van der Waals surface area contributed by atoms with Crippen molar-refractivity contribution in [3.63, 3.8) is 0 Å². The Hall–Kier alpha value is -2.51. The molecule has 0 fully saturated rings. The molecule has 0 saturated carbocycles. The Morgan fingerprint density at radius 3 is 2.26 bits per heavy atom. The molecule has 0 radical (unpaired) electrons. The van der Waals surface area contributed by atoms with Gasteiger partial charge in [-0.25, -0.2) is 0 Å². The fraction of sp³-hybridized carbons (Fsp3) is 0.0667. The number of anilines is 2. The number of nitrogens with zero attached hydrogens (tertiary/aromatic N) is 1. The number of Topliss-reactive ketones (excluding diaryl/α,β-unsaturated/α-hetero) is 1. The first kappa shape index (κ1) is 16.9. The Labute approximate surface area is 142 Å². The van der Waals surface area contributed by atoms with Crippen LogP contribution in [-0.2, 0) is 0 Å². The number of benzene rings is 2. The summed E-state index contributed by atoms with van der Waals surface area (Å²) in [5, 5.41) is 16.9. The number of carbonyl (C=O) groups excluding carboxylic acids is 1. The number of hydrogen-bond donors (Lipinski definition) is 2. The zero-order valence-corrected chi connectivity index (χ0v) is 13.6. The smallest absolute Gasteiger partial charge is 0.289 e. The molecule has 0 aliphatic rings. The molecule has 0 spiro atoms. The average Bonchev–Trinajstić information content (AvgIpc) is 2.49. The first-order valence-corrected chi connectivity index (χ1v) is 7.28. The van der Waals surface area contributed by atoms with Crippen molar-refractivity contribution in [1.82, 2.24) is 0 Å². The summed E-state index contributed by atoms with van der Waals surface area (Å²) in [6.45, 7) is 1.49. The maximum Gasteiger partial charge on any atom is 0.289 e. The van der Waals surface area contributed by atoms with Crippen LogP contribution in [0.4, 0.5) is 17.1 Å². The highest BCUT2D eigenvalue weighted by Gasteiger charge is 2.13. The fourth-order valence-electron chi connectivity index (χ4n) is 1.81. The van der Waals surface area contributed by atoms with Gasteiger partial charge in [0.05, 0.1) is 4.92 Å². The third kappa shape index (κ3) is 4.48. The van der Waals surface area contributed by atoms with E-state index in [4.69, 9.17) is 23.8 Å². The zero-order valence-electron chi connectivity index (χ0n) is 12.0. The van der Waals surface area contributed by atoms with Gasteiger partial charge in [-0.1, -0.05) is 11.6 Å². The van der Waals surface area contributed by atoms with E-state index in [-0.39, 0.29) is 21.6 Å². The Kier molecular flexibility index (Phi) is 5.25. The van der Waals surface area contributed by atoms with Crippen molar-refractivity contribution in [3.8, 4) is 0 Å². The van der Waals surface area contributed by atoms with Crippen LogP contribution < -0.4 is 10.6 Å². The van der Waals surface area contributed by atoms with Gasteiger partial charge < -0.3 is 10.6 Å². The van der Waals surface area contributed by atoms with E-state index in [1.165, 1.54) is 19.1 Å². The van der Waals surface area contributed by atoms with Gasteiger partial charge in [0.2, 0.25) is 0 Å². The van der Waals surface area contributed by atoms with E-state index in [0.29, 0.717) is 16.9 Å². The predicted octanol–water partition coefficient (Wildman–Crippen LogP) is 4.26. The van der Waals surface area contributed by atoms with E-state index < -0.39 is 4.92 Å². The number of rotatable bonds is 4. The third-order valence-electron chi connectivity index (χ3n) is 2.95. The molecule has 0 amide bonds. The van der Waals surface area contributed by atoms with E-state index in [1.807, 2.05) is 0 Å². The highest BCUT2D eigenvalue weighted by Crippen LogP contribution is 2.27. The summed E-state index contributed by atoms with van der Waals surface area (Å²) in [4.78, 5) is 21.5. The molecule has 0 aromatic heterocycles. The predicted molar refractivity (Wildman–Crippen MR) is 94.4 cm³/mol. The normalized spacial score (nSPS) is 10.0. The second-order valence-electron chi connectivity index (χ2n) is 4.64. The average molecular weight is 350 g/mol. The number of nitrogens with one attached hydrogen (secondary N) is 2. The topological polar surface area (TPSA) is 84.3 Å². The molecular formula is C15H12ClN3O3S. The monoisotopic (exact) mass is 349 g/mol. The van der Waals surface area contributed by atoms with Crippen molar-refractivity contribution in [2.24, 2.45) is 0 Å². The van der Waals surface area contributed by atoms with E-state index in [1.54, 1.807) is 30.3 Å². The maximum absolute atomic E-state index is 11.2. The Morgan fingerprint density at radius 1 is 1.13 bits per heavy atom. The largest absolute Gasteiger partial charge is 0.332 e. The second kappa shape index (κ2) is 7.17. The van der Waals surface area contributed by atoms with Crippen LogP contribution in [0.2, 0.25) is 5.02 Å². The maximum atomic E-state index is 11.2. The molecule has 118 valence electrons. The molecule has 0 heterocycles. The molecule has 0 aliphatic heterocycles. The summed E-state index contributed by atoms with van der Waals surface area (Å²) in [6, 6.07) is 11.1. The number of carbonyl (C=O) groups is 1. The summed E-state index contributed by atoms with van der Waals surface area (Å²) in [6.07, 6.45) is 0. The summed E-state index contributed by atoms with van der Waals surface area (Å²) in [5.41, 5.74) is 1.53. The highest BCUT2D eigenvalue weighted by atomic mass is 35.5. The Bertz CT molecular complexity index is 778. The number of ketones is 1. The minimum absolute atomic E-state index is 0.0225. The van der Waals surface area contributed by atoms with E-state index in [2.05, 4.69) is 10.6 Å². The quantitative estimate of drug-likeness (QED) is 0.371. The lowest BCUT2D eigenvalue weighted by Gasteiger charge is -2.11. The number of halogens is 1. The summed E-state index contributed by atoms with van der Waals surface area (Å²) >= 11 is 10.9. The molecule has 0 aliphatic carbocycles. The van der Waals surface area contributed by atoms with Crippen molar-refractivity contribution < 1.29 is 9.72 Å². The van der Waals surface area contributed by atoms with Crippen molar-refractivity contribution in [3.05, 3.63) is 63.2 Å². The highest BCUT2D eigenvalue weighted by molar-refractivity contribution is 7.80. The van der Waals surface area contributed by atoms with E-state index in [9.17, 15) is 14.9 Å². The van der Waals surface area contributed by atoms with Gasteiger partial charge >= 0.3 is 0 Å². The van der Waals surface area contributed by atoms with E-state index >= 15 is 0 Å². The van der Waals surface area contributed by atoms with Gasteiger partial charge in [0.15, 0.2) is 10.9 Å². The van der Waals surface area contributed by atoms with Crippen LogP contribution in [0.3, 0.4) is 0 Å². The Morgan fingerprint density at radius 2 is 1.70 bits per heavy atom. The number of nitro groups is 1. The van der Waals surface area contributed by atoms with Crippen LogP contribution >= 0.6 is 23.8 Å². The fourth-order valence-corrected chi connectivity index (χ4v) is 2.23. The van der Waals surface area contributed by atoms with Crippen LogP contribution in [0.25, 0.3) is 0 Å². The Balaban J connectivity index is 2.06. The minimum atomic E-state index is -0.565. The SMILES string of the molecule is CC(=O)c1ccc(NC(=S)Nc2ccc(Cl)c([N+](=O)[O-])c2)cc1. The number of hydrogen-bond acceptors (Lipinski definition) is 4. The molecule has 0 unspecified atom stereocenters. The molecule has 2 aromatic rings. The lowest BCUT2D eigenvalue weighted by molar-refractivity contribution is -0.384. The standard InChI is InChI=1S/C15H12ClN3O3S/c1-9(20)10-2-4-11(5-3-10)17-15(23)18-12-6-7-13(16)14(8-12)19(21)22/h2-8H,1H3,(H2,17,18,23). The molecule has 6 nitrogen and oxygen atoms in total. The van der Waals surface area contributed by atoms with Gasteiger partial charge in [0.1, 0.15) is 5.02 Å².